The average Bonchev–Trinajstić information content (AvgIpc) is 2.82. The maximum atomic E-state index is 12.4. The first-order chi connectivity index (χ1) is 15.5. The van der Waals surface area contributed by atoms with Gasteiger partial charge in [0.15, 0.2) is 11.9 Å². The summed E-state index contributed by atoms with van der Waals surface area (Å²) in [5.74, 6) is -0.474. The van der Waals surface area contributed by atoms with E-state index in [1.807, 2.05) is 24.4 Å². The van der Waals surface area contributed by atoms with Crippen LogP contribution in [0.15, 0.2) is 42.6 Å². The number of aromatic nitrogens is 1. The van der Waals surface area contributed by atoms with E-state index in [2.05, 4.69) is 24.9 Å². The third-order valence-corrected chi connectivity index (χ3v) is 5.82. The fourth-order valence-electron chi connectivity index (χ4n) is 3.68. The van der Waals surface area contributed by atoms with Gasteiger partial charge in [0, 0.05) is 18.2 Å². The van der Waals surface area contributed by atoms with Crippen LogP contribution in [0.25, 0.3) is 11.3 Å². The van der Waals surface area contributed by atoms with Crippen LogP contribution < -0.4 is 0 Å². The zero-order valence-corrected chi connectivity index (χ0v) is 20.1. The summed E-state index contributed by atoms with van der Waals surface area (Å²) in [6.45, 7) is 6.03. The molecular formula is C28H39NO3. The number of aryl methyl sites for hydroxylation is 1. The predicted octanol–water partition coefficient (Wildman–Crippen LogP) is 7.35. The van der Waals surface area contributed by atoms with E-state index in [-0.39, 0.29) is 5.78 Å². The van der Waals surface area contributed by atoms with Crippen molar-refractivity contribution < 1.29 is 14.3 Å². The minimum absolute atomic E-state index is 0.0132. The molecule has 4 nitrogen and oxygen atoms in total. The van der Waals surface area contributed by atoms with Crippen LogP contribution in [0.2, 0.25) is 0 Å². The van der Waals surface area contributed by atoms with Crippen LogP contribution in [0.5, 0.6) is 0 Å². The number of esters is 1. The second kappa shape index (κ2) is 14.5. The maximum absolute atomic E-state index is 12.4. The van der Waals surface area contributed by atoms with Gasteiger partial charge in [-0.25, -0.2) is 4.79 Å². The number of carbonyl (C=O) groups is 2. The molecule has 0 N–H and O–H groups in total. The van der Waals surface area contributed by atoms with E-state index in [9.17, 15) is 9.59 Å². The van der Waals surface area contributed by atoms with Gasteiger partial charge in [0.2, 0.25) is 0 Å². The maximum Gasteiger partial charge on any atom is 0.338 e. The molecule has 0 bridgehead atoms. The van der Waals surface area contributed by atoms with Crippen LogP contribution in [0.3, 0.4) is 0 Å². The lowest BCUT2D eigenvalue weighted by molar-refractivity contribution is -0.127. The van der Waals surface area contributed by atoms with E-state index in [4.69, 9.17) is 4.74 Å². The molecule has 4 heteroatoms. The number of carbonyl (C=O) groups excluding carboxylic acids is 2. The highest BCUT2D eigenvalue weighted by molar-refractivity contribution is 5.93. The van der Waals surface area contributed by atoms with Crippen molar-refractivity contribution in [3.8, 4) is 11.3 Å². The van der Waals surface area contributed by atoms with E-state index < -0.39 is 12.1 Å². The Labute approximate surface area is 193 Å². The van der Waals surface area contributed by atoms with Gasteiger partial charge in [0.1, 0.15) is 0 Å². The quantitative estimate of drug-likeness (QED) is 0.216. The summed E-state index contributed by atoms with van der Waals surface area (Å²) in [6, 6.07) is 11.4. The van der Waals surface area contributed by atoms with Gasteiger partial charge in [-0.15, -0.1) is 0 Å². The van der Waals surface area contributed by atoms with Crippen molar-refractivity contribution >= 4 is 11.8 Å². The summed E-state index contributed by atoms with van der Waals surface area (Å²) in [7, 11) is 0. The number of benzene rings is 1. The molecule has 1 aromatic heterocycles. The number of pyridine rings is 1. The average molecular weight is 438 g/mol. The first-order valence-electron chi connectivity index (χ1n) is 12.3. The molecule has 0 amide bonds. The van der Waals surface area contributed by atoms with E-state index >= 15 is 0 Å². The van der Waals surface area contributed by atoms with Crippen LogP contribution in [0.4, 0.5) is 0 Å². The van der Waals surface area contributed by atoms with Crippen molar-refractivity contribution in [1.29, 1.82) is 0 Å². The van der Waals surface area contributed by atoms with Crippen LogP contribution in [-0.2, 0) is 16.0 Å². The molecule has 1 unspecified atom stereocenters. The number of nitrogens with zero attached hydrogens (tertiary/aromatic N) is 1. The van der Waals surface area contributed by atoms with Crippen LogP contribution in [-0.4, -0.2) is 22.8 Å². The molecule has 1 heterocycles. The number of hydrogen-bond donors (Lipinski definition) is 0. The highest BCUT2D eigenvalue weighted by Crippen LogP contribution is 2.19. The molecule has 0 aliphatic rings. The van der Waals surface area contributed by atoms with Gasteiger partial charge < -0.3 is 4.74 Å². The van der Waals surface area contributed by atoms with Crippen molar-refractivity contribution in [3.05, 3.63) is 53.7 Å². The largest absolute Gasteiger partial charge is 0.451 e. The molecule has 0 aliphatic carbocycles. The van der Waals surface area contributed by atoms with Gasteiger partial charge in [-0.1, -0.05) is 77.0 Å². The topological polar surface area (TPSA) is 56.3 Å². The Morgan fingerprint density at radius 1 is 0.844 bits per heavy atom. The Hall–Kier alpha value is -2.49. The molecule has 0 spiro atoms. The molecule has 2 rings (SSSR count). The molecule has 1 atom stereocenters. The molecular weight excluding hydrogens is 398 g/mol. The van der Waals surface area contributed by atoms with Gasteiger partial charge in [0.25, 0.3) is 0 Å². The third-order valence-electron chi connectivity index (χ3n) is 5.82. The van der Waals surface area contributed by atoms with Crippen LogP contribution in [0.1, 0.15) is 101 Å². The summed E-state index contributed by atoms with van der Waals surface area (Å²) in [4.78, 5) is 29.2. The van der Waals surface area contributed by atoms with E-state index in [0.29, 0.717) is 12.0 Å². The Kier molecular flexibility index (Phi) is 11.7. The van der Waals surface area contributed by atoms with E-state index in [1.165, 1.54) is 37.7 Å². The molecule has 2 aromatic rings. The Morgan fingerprint density at radius 2 is 1.50 bits per heavy atom. The Balaban J connectivity index is 1.84. The first-order valence-corrected chi connectivity index (χ1v) is 12.3. The Morgan fingerprint density at radius 3 is 2.12 bits per heavy atom. The summed E-state index contributed by atoms with van der Waals surface area (Å²) in [5.41, 5.74) is 3.55. The summed E-state index contributed by atoms with van der Waals surface area (Å²) >= 11 is 0. The number of Topliss-reactive ketones (excluding diaryl/α,β-unsaturated/α-hetero) is 1. The molecule has 0 saturated heterocycles. The molecule has 174 valence electrons. The SMILES string of the molecule is CCCCCCCc1ccc(-c2ccc(C(=O)OC(C)C(=O)CCCCCC)cc2)nc1. The molecule has 0 fully saturated rings. The zero-order valence-electron chi connectivity index (χ0n) is 20.1. The number of hydrogen-bond acceptors (Lipinski definition) is 4. The van der Waals surface area contributed by atoms with Gasteiger partial charge in [-0.05, 0) is 49.9 Å². The van der Waals surface area contributed by atoms with Crippen molar-refractivity contribution in [2.75, 3.05) is 0 Å². The van der Waals surface area contributed by atoms with E-state index in [0.717, 1.165) is 43.4 Å². The second-order valence-corrected chi connectivity index (χ2v) is 8.62. The molecule has 0 aliphatic heterocycles. The normalized spacial score (nSPS) is 11.8. The summed E-state index contributed by atoms with van der Waals surface area (Å²) < 4.78 is 5.37. The van der Waals surface area contributed by atoms with Gasteiger partial charge in [-0.3, -0.25) is 9.78 Å². The number of ketones is 1. The van der Waals surface area contributed by atoms with Crippen LogP contribution in [0, 0.1) is 0 Å². The Bertz CT molecular complexity index is 812. The lowest BCUT2D eigenvalue weighted by atomic mass is 10.0. The second-order valence-electron chi connectivity index (χ2n) is 8.62. The van der Waals surface area contributed by atoms with Gasteiger partial charge in [-0.2, -0.15) is 0 Å². The molecule has 32 heavy (non-hydrogen) atoms. The highest BCUT2D eigenvalue weighted by Gasteiger charge is 2.18. The number of ether oxygens (including phenoxy) is 1. The third kappa shape index (κ3) is 8.94. The standard InChI is InChI=1S/C28H39NO3/c1-4-6-8-10-11-13-23-15-20-26(29-21-23)24-16-18-25(19-17-24)28(31)32-22(3)27(30)14-12-9-7-5-2/h15-22H,4-14H2,1-3H3. The van der Waals surface area contributed by atoms with Crippen LogP contribution >= 0.6 is 0 Å². The lowest BCUT2D eigenvalue weighted by Gasteiger charge is -2.12. The van der Waals surface area contributed by atoms with Gasteiger partial charge >= 0.3 is 5.97 Å². The van der Waals surface area contributed by atoms with Crippen molar-refractivity contribution in [2.45, 2.75) is 97.5 Å². The fraction of sp³-hybridized carbons (Fsp3) is 0.536. The lowest BCUT2D eigenvalue weighted by Crippen LogP contribution is -2.24. The number of unbranched alkanes of at least 4 members (excludes halogenated alkanes) is 7. The number of rotatable bonds is 15. The fourth-order valence-corrected chi connectivity index (χ4v) is 3.68. The summed E-state index contributed by atoms with van der Waals surface area (Å²) in [6.07, 6.45) is 13.3. The van der Waals surface area contributed by atoms with Crippen molar-refractivity contribution in [2.24, 2.45) is 0 Å². The summed E-state index contributed by atoms with van der Waals surface area (Å²) in [5, 5.41) is 0. The van der Waals surface area contributed by atoms with Crippen molar-refractivity contribution in [3.63, 3.8) is 0 Å². The monoisotopic (exact) mass is 437 g/mol. The first kappa shape index (κ1) is 25.8. The molecule has 0 saturated carbocycles. The van der Waals surface area contributed by atoms with E-state index in [1.54, 1.807) is 19.1 Å². The van der Waals surface area contributed by atoms with Gasteiger partial charge in [0.05, 0.1) is 11.3 Å². The molecule has 1 aromatic carbocycles. The molecule has 0 radical (unpaired) electrons. The highest BCUT2D eigenvalue weighted by atomic mass is 16.5. The minimum atomic E-state index is -0.708. The smallest absolute Gasteiger partial charge is 0.338 e. The zero-order chi connectivity index (χ0) is 23.2. The minimum Gasteiger partial charge on any atom is -0.451 e. The van der Waals surface area contributed by atoms with Crippen molar-refractivity contribution in [1.82, 2.24) is 4.98 Å². The predicted molar refractivity (Wildman–Crippen MR) is 131 cm³/mol.